The molecule has 1 atom stereocenters. The molecule has 4 rings (SSSR count). The van der Waals surface area contributed by atoms with Gasteiger partial charge >= 0.3 is 0 Å². The third-order valence-corrected chi connectivity index (χ3v) is 6.70. The van der Waals surface area contributed by atoms with Gasteiger partial charge in [0.25, 0.3) is 0 Å². The van der Waals surface area contributed by atoms with Gasteiger partial charge in [0, 0.05) is 34.1 Å². The molecule has 4 N–H and O–H groups in total. The Balaban J connectivity index is 0.00000150. The standard InChI is InChI=1S/C19H20Br2N4OS.3ClH/c20-11-8-12-14(2-6-24-18(12)13(21)9-11)22-4-1-5-23-17-10-16(26)19-15(25-17)3-7-27-19;;;/h3,7-10,14,22,24H,1-2,4-6H2,(H2,23,25,26);3*1H/t14-;;;/m1.../s1. The number of fused-ring (bicyclic) bond motifs is 2. The van der Waals surface area contributed by atoms with Gasteiger partial charge in [-0.05, 0) is 64.5 Å². The number of hydrogen-bond donors (Lipinski definition) is 4. The van der Waals surface area contributed by atoms with Crippen LogP contribution in [0.5, 0.6) is 0 Å². The van der Waals surface area contributed by atoms with Crippen LogP contribution in [0.25, 0.3) is 10.2 Å². The Morgan fingerprint density at radius 3 is 2.73 bits per heavy atom. The van der Waals surface area contributed by atoms with Crippen LogP contribution in [0.4, 0.5) is 11.5 Å². The minimum atomic E-state index is 0. The van der Waals surface area contributed by atoms with Gasteiger partial charge in [-0.2, -0.15) is 0 Å². The van der Waals surface area contributed by atoms with Crippen molar-refractivity contribution >= 4 is 102 Å². The van der Waals surface area contributed by atoms with E-state index >= 15 is 0 Å². The Morgan fingerprint density at radius 2 is 1.93 bits per heavy atom. The molecular formula is C19H23Br2Cl3N4OS. The minimum Gasteiger partial charge on any atom is -0.384 e. The second-order valence-corrected chi connectivity index (χ2v) is 9.25. The molecule has 1 aliphatic rings. The minimum absolute atomic E-state index is 0. The zero-order chi connectivity index (χ0) is 18.8. The van der Waals surface area contributed by atoms with Crippen molar-refractivity contribution in [3.63, 3.8) is 0 Å². The largest absolute Gasteiger partial charge is 0.384 e. The number of rotatable bonds is 6. The first-order valence-electron chi connectivity index (χ1n) is 8.92. The Morgan fingerprint density at radius 1 is 1.13 bits per heavy atom. The van der Waals surface area contributed by atoms with Gasteiger partial charge in [-0.25, -0.2) is 0 Å². The summed E-state index contributed by atoms with van der Waals surface area (Å²) in [7, 11) is 0. The molecule has 0 bridgehead atoms. The van der Waals surface area contributed by atoms with E-state index in [1.54, 1.807) is 6.07 Å². The Labute approximate surface area is 214 Å². The first-order chi connectivity index (χ1) is 13.1. The van der Waals surface area contributed by atoms with Crippen molar-refractivity contribution < 1.29 is 0 Å². The smallest absolute Gasteiger partial charge is 0.201 e. The number of benzene rings is 1. The summed E-state index contributed by atoms with van der Waals surface area (Å²) in [6.45, 7) is 2.68. The van der Waals surface area contributed by atoms with Gasteiger partial charge in [-0.15, -0.1) is 48.6 Å². The van der Waals surface area contributed by atoms with Crippen LogP contribution in [0.15, 0.2) is 43.4 Å². The number of anilines is 2. The summed E-state index contributed by atoms with van der Waals surface area (Å²) in [5.74, 6) is 0.783. The fraction of sp³-hybridized carbons (Fsp3) is 0.316. The fourth-order valence-electron chi connectivity index (χ4n) is 3.42. The molecule has 1 aromatic carbocycles. The zero-order valence-electron chi connectivity index (χ0n) is 15.8. The van der Waals surface area contributed by atoms with E-state index in [0.717, 1.165) is 57.5 Å². The van der Waals surface area contributed by atoms with Crippen molar-refractivity contribution in [2.75, 3.05) is 30.3 Å². The summed E-state index contributed by atoms with van der Waals surface area (Å²) >= 11 is 8.70. The average molecular weight is 622 g/mol. The summed E-state index contributed by atoms with van der Waals surface area (Å²) in [6, 6.07) is 8.19. The molecule has 0 aliphatic carbocycles. The van der Waals surface area contributed by atoms with Crippen molar-refractivity contribution in [2.24, 2.45) is 0 Å². The van der Waals surface area contributed by atoms with E-state index in [9.17, 15) is 4.79 Å². The van der Waals surface area contributed by atoms with Gasteiger partial charge in [0.15, 0.2) is 0 Å². The highest BCUT2D eigenvalue weighted by atomic mass is 79.9. The third-order valence-electron chi connectivity index (χ3n) is 4.69. The third kappa shape index (κ3) is 6.28. The molecule has 0 unspecified atom stereocenters. The number of nitrogens with one attached hydrogen (secondary N) is 4. The van der Waals surface area contributed by atoms with Crippen LogP contribution in [-0.2, 0) is 0 Å². The van der Waals surface area contributed by atoms with Crippen molar-refractivity contribution in [2.45, 2.75) is 18.9 Å². The van der Waals surface area contributed by atoms with E-state index in [2.05, 4.69) is 64.9 Å². The molecule has 0 amide bonds. The molecule has 0 saturated heterocycles. The molecule has 3 aromatic rings. The van der Waals surface area contributed by atoms with Gasteiger partial charge < -0.3 is 20.9 Å². The monoisotopic (exact) mass is 618 g/mol. The predicted octanol–water partition coefficient (Wildman–Crippen LogP) is 6.33. The number of aromatic nitrogens is 1. The molecule has 1 aliphatic heterocycles. The summed E-state index contributed by atoms with van der Waals surface area (Å²) in [6.07, 6.45) is 2.03. The molecular weight excluding hydrogens is 598 g/mol. The predicted molar refractivity (Wildman–Crippen MR) is 143 cm³/mol. The van der Waals surface area contributed by atoms with Crippen LogP contribution < -0.4 is 21.4 Å². The normalized spacial score (nSPS) is 14.5. The van der Waals surface area contributed by atoms with Crippen molar-refractivity contribution in [1.82, 2.24) is 10.3 Å². The lowest BCUT2D eigenvalue weighted by Gasteiger charge is -2.29. The van der Waals surface area contributed by atoms with Crippen molar-refractivity contribution in [1.29, 1.82) is 0 Å². The maximum atomic E-state index is 12.1. The average Bonchev–Trinajstić information content (AvgIpc) is 3.11. The second kappa shape index (κ2) is 12.5. The van der Waals surface area contributed by atoms with Gasteiger partial charge in [0.2, 0.25) is 5.43 Å². The van der Waals surface area contributed by atoms with Gasteiger partial charge in [-0.3, -0.25) is 4.79 Å². The van der Waals surface area contributed by atoms with Crippen LogP contribution >= 0.6 is 80.4 Å². The first-order valence-corrected chi connectivity index (χ1v) is 11.4. The Kier molecular flexibility index (Phi) is 11.5. The summed E-state index contributed by atoms with van der Waals surface area (Å²) in [4.78, 5) is 15.3. The number of aromatic amines is 1. The summed E-state index contributed by atoms with van der Waals surface area (Å²) in [5.41, 5.74) is 3.45. The Bertz CT molecular complexity index is 1030. The Hall–Kier alpha value is -0.480. The summed E-state index contributed by atoms with van der Waals surface area (Å²) in [5, 5.41) is 12.4. The SMILES string of the molecule is Cl.Cl.Cl.O=c1cc(NCCCN[C@@H]2CCNc3c(Br)cc(Br)cc32)[nH]c2ccsc12. The maximum absolute atomic E-state index is 12.1. The quantitative estimate of drug-likeness (QED) is 0.243. The van der Waals surface area contributed by atoms with Crippen LogP contribution in [0.3, 0.4) is 0 Å². The lowest BCUT2D eigenvalue weighted by Crippen LogP contribution is -2.30. The lowest BCUT2D eigenvalue weighted by molar-refractivity contribution is 0.497. The summed E-state index contributed by atoms with van der Waals surface area (Å²) < 4.78 is 2.95. The van der Waals surface area contributed by atoms with Gasteiger partial charge in [-0.1, -0.05) is 15.9 Å². The second-order valence-electron chi connectivity index (χ2n) is 6.56. The molecule has 11 heteroatoms. The number of pyridine rings is 1. The van der Waals surface area contributed by atoms with E-state index in [-0.39, 0.29) is 42.6 Å². The highest BCUT2D eigenvalue weighted by Gasteiger charge is 2.21. The van der Waals surface area contributed by atoms with E-state index in [1.807, 2.05) is 11.4 Å². The number of thiophene rings is 1. The van der Waals surface area contributed by atoms with Crippen LogP contribution in [-0.4, -0.2) is 24.6 Å². The first kappa shape index (κ1) is 27.6. The van der Waals surface area contributed by atoms with E-state index in [4.69, 9.17) is 0 Å². The molecule has 30 heavy (non-hydrogen) atoms. The molecule has 5 nitrogen and oxygen atoms in total. The molecule has 166 valence electrons. The number of H-pyrrole nitrogens is 1. The zero-order valence-corrected chi connectivity index (χ0v) is 22.2. The highest BCUT2D eigenvalue weighted by molar-refractivity contribution is 9.11. The van der Waals surface area contributed by atoms with E-state index < -0.39 is 0 Å². The van der Waals surface area contributed by atoms with Crippen LogP contribution in [0, 0.1) is 0 Å². The molecule has 0 saturated carbocycles. The van der Waals surface area contributed by atoms with Gasteiger partial charge in [0.05, 0.1) is 15.9 Å². The van der Waals surface area contributed by atoms with Crippen LogP contribution in [0.1, 0.15) is 24.4 Å². The lowest BCUT2D eigenvalue weighted by atomic mass is 9.98. The van der Waals surface area contributed by atoms with Gasteiger partial charge in [0.1, 0.15) is 5.82 Å². The topological polar surface area (TPSA) is 69.0 Å². The molecule has 0 fully saturated rings. The number of halogens is 5. The van der Waals surface area contributed by atoms with Crippen molar-refractivity contribution in [3.8, 4) is 0 Å². The van der Waals surface area contributed by atoms with E-state index in [0.29, 0.717) is 6.04 Å². The van der Waals surface area contributed by atoms with Crippen molar-refractivity contribution in [3.05, 3.63) is 54.4 Å². The maximum Gasteiger partial charge on any atom is 0.201 e. The number of hydrogen-bond acceptors (Lipinski definition) is 5. The highest BCUT2D eigenvalue weighted by Crippen LogP contribution is 2.38. The fourth-order valence-corrected chi connectivity index (χ4v) is 5.58. The molecule has 3 heterocycles. The molecule has 2 aromatic heterocycles. The molecule has 0 radical (unpaired) electrons. The molecule has 0 spiro atoms. The van der Waals surface area contributed by atoms with Crippen LogP contribution in [0.2, 0.25) is 0 Å². The van der Waals surface area contributed by atoms with E-state index in [1.165, 1.54) is 22.6 Å².